The summed E-state index contributed by atoms with van der Waals surface area (Å²) < 4.78 is 0. The standard InChI is InChI=1S/C14H18O/c1-11-3-2-4-12(5-11)6-13-7-14(8-13,9-13)10-15/h2-5,15H,6-10H2,1H3. The molecule has 0 aliphatic heterocycles. The molecule has 1 nitrogen and oxygen atoms in total. The van der Waals surface area contributed by atoms with Gasteiger partial charge in [0.1, 0.15) is 0 Å². The summed E-state index contributed by atoms with van der Waals surface area (Å²) in [6.45, 7) is 2.56. The third-order valence-electron chi connectivity index (χ3n) is 4.25. The van der Waals surface area contributed by atoms with Crippen LogP contribution in [0.25, 0.3) is 0 Å². The van der Waals surface area contributed by atoms with Crippen LogP contribution in [0.4, 0.5) is 0 Å². The fourth-order valence-electron chi connectivity index (χ4n) is 3.84. The molecular formula is C14H18O. The first-order valence-electron chi connectivity index (χ1n) is 5.82. The molecule has 4 rings (SSSR count). The van der Waals surface area contributed by atoms with E-state index in [1.54, 1.807) is 0 Å². The van der Waals surface area contributed by atoms with Gasteiger partial charge in [-0.3, -0.25) is 0 Å². The first kappa shape index (κ1) is 9.41. The summed E-state index contributed by atoms with van der Waals surface area (Å²) in [5, 5.41) is 9.21. The van der Waals surface area contributed by atoms with Gasteiger partial charge in [0.2, 0.25) is 0 Å². The molecule has 0 amide bonds. The number of aliphatic hydroxyl groups excluding tert-OH is 1. The predicted molar refractivity (Wildman–Crippen MR) is 60.7 cm³/mol. The van der Waals surface area contributed by atoms with Gasteiger partial charge in [-0.25, -0.2) is 0 Å². The Bertz CT molecular complexity index is 374. The van der Waals surface area contributed by atoms with E-state index >= 15 is 0 Å². The highest BCUT2D eigenvalue weighted by Crippen LogP contribution is 2.74. The van der Waals surface area contributed by atoms with Crippen LogP contribution in [0.3, 0.4) is 0 Å². The van der Waals surface area contributed by atoms with Gasteiger partial charge in [-0.2, -0.15) is 0 Å². The first-order valence-corrected chi connectivity index (χ1v) is 5.82. The summed E-state index contributed by atoms with van der Waals surface area (Å²) in [7, 11) is 0. The zero-order valence-corrected chi connectivity index (χ0v) is 9.29. The van der Waals surface area contributed by atoms with Crippen LogP contribution in [0.5, 0.6) is 0 Å². The monoisotopic (exact) mass is 202 g/mol. The van der Waals surface area contributed by atoms with Gasteiger partial charge in [0.15, 0.2) is 0 Å². The molecular weight excluding hydrogens is 184 g/mol. The van der Waals surface area contributed by atoms with E-state index in [1.165, 1.54) is 36.8 Å². The number of hydrogen-bond donors (Lipinski definition) is 1. The summed E-state index contributed by atoms with van der Waals surface area (Å²) in [5.41, 5.74) is 3.75. The topological polar surface area (TPSA) is 20.2 Å². The van der Waals surface area contributed by atoms with E-state index in [9.17, 15) is 5.11 Å². The minimum atomic E-state index is 0.351. The molecule has 15 heavy (non-hydrogen) atoms. The van der Waals surface area contributed by atoms with Crippen LogP contribution in [-0.2, 0) is 6.42 Å². The smallest absolute Gasteiger partial charge is 0.0488 e. The molecule has 3 aliphatic carbocycles. The molecule has 1 heteroatoms. The summed E-state index contributed by atoms with van der Waals surface area (Å²) in [6, 6.07) is 8.84. The van der Waals surface area contributed by atoms with Crippen LogP contribution in [0.1, 0.15) is 30.4 Å². The lowest BCUT2D eigenvalue weighted by atomic mass is 9.34. The van der Waals surface area contributed by atoms with Crippen molar-refractivity contribution in [2.24, 2.45) is 10.8 Å². The van der Waals surface area contributed by atoms with Gasteiger partial charge in [-0.05, 0) is 49.0 Å². The Kier molecular flexibility index (Phi) is 1.79. The van der Waals surface area contributed by atoms with Crippen LogP contribution >= 0.6 is 0 Å². The summed E-state index contributed by atoms with van der Waals surface area (Å²) in [5.74, 6) is 0. The summed E-state index contributed by atoms with van der Waals surface area (Å²) in [6.07, 6.45) is 4.98. The van der Waals surface area contributed by atoms with Gasteiger partial charge in [-0.1, -0.05) is 29.8 Å². The second-order valence-corrected chi connectivity index (χ2v) is 5.85. The minimum Gasteiger partial charge on any atom is -0.396 e. The molecule has 0 heterocycles. The quantitative estimate of drug-likeness (QED) is 0.799. The Morgan fingerprint density at radius 2 is 1.93 bits per heavy atom. The molecule has 1 N–H and O–H groups in total. The van der Waals surface area contributed by atoms with E-state index in [1.807, 2.05) is 0 Å². The molecule has 3 saturated carbocycles. The van der Waals surface area contributed by atoms with Crippen molar-refractivity contribution in [3.05, 3.63) is 35.4 Å². The number of aliphatic hydroxyl groups is 1. The zero-order chi connectivity index (χ0) is 10.5. The van der Waals surface area contributed by atoms with Gasteiger partial charge in [0.25, 0.3) is 0 Å². The SMILES string of the molecule is Cc1cccc(CC23CC(CO)(C2)C3)c1. The van der Waals surface area contributed by atoms with Gasteiger partial charge in [-0.15, -0.1) is 0 Å². The number of aryl methyl sites for hydroxylation is 1. The fourth-order valence-corrected chi connectivity index (χ4v) is 3.84. The van der Waals surface area contributed by atoms with E-state index in [0.29, 0.717) is 17.4 Å². The average molecular weight is 202 g/mol. The van der Waals surface area contributed by atoms with Crippen molar-refractivity contribution >= 4 is 0 Å². The lowest BCUT2D eigenvalue weighted by molar-refractivity contribution is -0.222. The van der Waals surface area contributed by atoms with E-state index < -0.39 is 0 Å². The van der Waals surface area contributed by atoms with E-state index in [2.05, 4.69) is 31.2 Å². The highest BCUT2D eigenvalue weighted by atomic mass is 16.3. The maximum atomic E-state index is 9.21. The second-order valence-electron chi connectivity index (χ2n) is 5.85. The van der Waals surface area contributed by atoms with Crippen LogP contribution in [-0.4, -0.2) is 11.7 Å². The van der Waals surface area contributed by atoms with E-state index in [4.69, 9.17) is 0 Å². The van der Waals surface area contributed by atoms with Crippen molar-refractivity contribution in [1.82, 2.24) is 0 Å². The number of rotatable bonds is 3. The first-order chi connectivity index (χ1) is 7.15. The Hall–Kier alpha value is -0.820. The van der Waals surface area contributed by atoms with Gasteiger partial charge >= 0.3 is 0 Å². The molecule has 0 atom stereocenters. The molecule has 0 aromatic heterocycles. The van der Waals surface area contributed by atoms with Gasteiger partial charge in [0, 0.05) is 6.61 Å². The van der Waals surface area contributed by atoms with Crippen molar-refractivity contribution in [2.75, 3.05) is 6.61 Å². The molecule has 1 aromatic carbocycles. The van der Waals surface area contributed by atoms with Crippen LogP contribution in [0.15, 0.2) is 24.3 Å². The molecule has 0 spiro atoms. The van der Waals surface area contributed by atoms with Gasteiger partial charge in [0.05, 0.1) is 0 Å². The zero-order valence-electron chi connectivity index (χ0n) is 9.29. The van der Waals surface area contributed by atoms with Gasteiger partial charge < -0.3 is 5.11 Å². The Morgan fingerprint density at radius 3 is 2.53 bits per heavy atom. The maximum Gasteiger partial charge on any atom is 0.0488 e. The highest BCUT2D eigenvalue weighted by Gasteiger charge is 2.66. The van der Waals surface area contributed by atoms with Crippen molar-refractivity contribution in [2.45, 2.75) is 32.6 Å². The molecule has 1 aromatic rings. The molecule has 2 bridgehead atoms. The lowest BCUT2D eigenvalue weighted by Crippen LogP contribution is -2.64. The third kappa shape index (κ3) is 1.33. The van der Waals surface area contributed by atoms with Crippen molar-refractivity contribution in [3.8, 4) is 0 Å². The lowest BCUT2D eigenvalue weighted by Gasteiger charge is -2.70. The van der Waals surface area contributed by atoms with Crippen molar-refractivity contribution < 1.29 is 5.11 Å². The molecule has 3 fully saturated rings. The largest absolute Gasteiger partial charge is 0.396 e. The van der Waals surface area contributed by atoms with Crippen LogP contribution in [0, 0.1) is 17.8 Å². The Balaban J connectivity index is 1.69. The van der Waals surface area contributed by atoms with Crippen LogP contribution < -0.4 is 0 Å². The average Bonchev–Trinajstić information content (AvgIpc) is 2.09. The fraction of sp³-hybridized carbons (Fsp3) is 0.571. The second kappa shape index (κ2) is 2.85. The number of benzene rings is 1. The number of hydrogen-bond acceptors (Lipinski definition) is 1. The van der Waals surface area contributed by atoms with E-state index in [-0.39, 0.29) is 0 Å². The van der Waals surface area contributed by atoms with Crippen LogP contribution in [0.2, 0.25) is 0 Å². The normalized spacial score (nSPS) is 36.9. The Labute approximate surface area is 91.1 Å². The third-order valence-corrected chi connectivity index (χ3v) is 4.25. The van der Waals surface area contributed by atoms with Crippen molar-refractivity contribution in [1.29, 1.82) is 0 Å². The minimum absolute atomic E-state index is 0.351. The maximum absolute atomic E-state index is 9.21. The van der Waals surface area contributed by atoms with Crippen molar-refractivity contribution in [3.63, 3.8) is 0 Å². The molecule has 0 unspecified atom stereocenters. The predicted octanol–water partition coefficient (Wildman–Crippen LogP) is 2.70. The summed E-state index contributed by atoms with van der Waals surface area (Å²) >= 11 is 0. The molecule has 0 saturated heterocycles. The molecule has 0 radical (unpaired) electrons. The molecule has 3 aliphatic rings. The van der Waals surface area contributed by atoms with E-state index in [0.717, 1.165) is 0 Å². The molecule has 80 valence electrons. The summed E-state index contributed by atoms with van der Waals surface area (Å²) in [4.78, 5) is 0. The Morgan fingerprint density at radius 1 is 1.20 bits per heavy atom. The highest BCUT2D eigenvalue weighted by molar-refractivity contribution is 5.27.